The minimum absolute atomic E-state index is 0.456. The molecule has 0 saturated carbocycles. The van der Waals surface area contributed by atoms with Gasteiger partial charge in [0.05, 0.1) is 7.11 Å². The van der Waals surface area contributed by atoms with Crippen LogP contribution in [0.25, 0.3) is 0 Å². The third-order valence-corrected chi connectivity index (χ3v) is 3.60. The Bertz CT molecular complexity index is 517. The first-order valence-electron chi connectivity index (χ1n) is 7.75. The van der Waals surface area contributed by atoms with Crippen LogP contribution in [0.3, 0.4) is 0 Å². The summed E-state index contributed by atoms with van der Waals surface area (Å²) in [6.07, 6.45) is 1.73. The number of nitrogens with one attached hydrogen (secondary N) is 2. The largest absolute Gasteiger partial charge is 0.496 e. The Morgan fingerprint density at radius 1 is 1.41 bits per heavy atom. The first kappa shape index (κ1) is 16.6. The fourth-order valence-corrected chi connectivity index (χ4v) is 2.61. The number of hydrogen-bond acceptors (Lipinski definition) is 4. The van der Waals surface area contributed by atoms with Crippen LogP contribution in [0.5, 0.6) is 5.75 Å². The molecule has 1 aliphatic heterocycles. The highest BCUT2D eigenvalue weighted by Gasteiger charge is 2.19. The van der Waals surface area contributed by atoms with Crippen molar-refractivity contribution in [2.75, 3.05) is 25.5 Å². The molecule has 122 valence electrons. The van der Waals surface area contributed by atoms with Crippen LogP contribution in [-0.2, 0) is 11.2 Å². The predicted octanol–water partition coefficient (Wildman–Crippen LogP) is 3.19. The molecule has 1 heterocycles. The Hall–Kier alpha value is -1.75. The number of hydrogen-bond donors (Lipinski definition) is 2. The highest BCUT2D eigenvalue weighted by molar-refractivity contribution is 5.85. The second kappa shape index (κ2) is 7.01. The Balaban J connectivity index is 2.03. The molecule has 22 heavy (non-hydrogen) atoms. The summed E-state index contributed by atoms with van der Waals surface area (Å²) in [5.41, 5.74) is 1.34. The van der Waals surface area contributed by atoms with Crippen molar-refractivity contribution in [2.24, 2.45) is 5.92 Å². The highest BCUT2D eigenvalue weighted by atomic mass is 16.6. The molecule has 1 unspecified atom stereocenters. The normalized spacial score (nSPS) is 18.1. The van der Waals surface area contributed by atoms with E-state index < -0.39 is 11.7 Å². The van der Waals surface area contributed by atoms with Crippen LogP contribution in [0.1, 0.15) is 32.8 Å². The van der Waals surface area contributed by atoms with E-state index in [1.807, 2.05) is 39.0 Å². The third-order valence-electron chi connectivity index (χ3n) is 3.60. The van der Waals surface area contributed by atoms with E-state index in [9.17, 15) is 4.79 Å². The number of benzene rings is 1. The predicted molar refractivity (Wildman–Crippen MR) is 87.5 cm³/mol. The molecule has 0 spiro atoms. The van der Waals surface area contributed by atoms with Gasteiger partial charge in [0.15, 0.2) is 0 Å². The van der Waals surface area contributed by atoms with Crippen LogP contribution in [0.2, 0.25) is 0 Å². The number of methoxy groups -OCH3 is 1. The molecule has 1 amide bonds. The van der Waals surface area contributed by atoms with Crippen molar-refractivity contribution < 1.29 is 14.3 Å². The quantitative estimate of drug-likeness (QED) is 0.897. The van der Waals surface area contributed by atoms with E-state index >= 15 is 0 Å². The Morgan fingerprint density at radius 2 is 2.18 bits per heavy atom. The fourth-order valence-electron chi connectivity index (χ4n) is 2.61. The zero-order chi connectivity index (χ0) is 16.2. The molecule has 1 atom stereocenters. The van der Waals surface area contributed by atoms with Crippen LogP contribution in [-0.4, -0.2) is 31.9 Å². The van der Waals surface area contributed by atoms with Crippen molar-refractivity contribution in [3.8, 4) is 5.75 Å². The molecular weight excluding hydrogens is 280 g/mol. The summed E-state index contributed by atoms with van der Waals surface area (Å²) < 4.78 is 10.7. The summed E-state index contributed by atoms with van der Waals surface area (Å²) in [6, 6.07) is 5.76. The van der Waals surface area contributed by atoms with Gasteiger partial charge in [0.1, 0.15) is 11.4 Å². The molecule has 1 aromatic carbocycles. The lowest BCUT2D eigenvalue weighted by Gasteiger charge is -2.20. The van der Waals surface area contributed by atoms with Crippen LogP contribution >= 0.6 is 0 Å². The van der Waals surface area contributed by atoms with E-state index in [1.54, 1.807) is 7.11 Å². The molecule has 0 aliphatic carbocycles. The molecule has 1 aromatic rings. The summed E-state index contributed by atoms with van der Waals surface area (Å²) >= 11 is 0. The monoisotopic (exact) mass is 306 g/mol. The first-order valence-corrected chi connectivity index (χ1v) is 7.75. The van der Waals surface area contributed by atoms with Crippen molar-refractivity contribution in [2.45, 2.75) is 39.2 Å². The SMILES string of the molecule is COc1cc(NC(=O)OC(C)(C)C)ccc1CC1CCNC1. The molecule has 5 heteroatoms. The van der Waals surface area contributed by atoms with Crippen molar-refractivity contribution in [1.29, 1.82) is 0 Å². The van der Waals surface area contributed by atoms with Crippen LogP contribution in [0.15, 0.2) is 18.2 Å². The number of ether oxygens (including phenoxy) is 2. The molecule has 2 N–H and O–H groups in total. The maximum Gasteiger partial charge on any atom is 0.412 e. The Morgan fingerprint density at radius 3 is 2.77 bits per heavy atom. The Kier molecular flexibility index (Phi) is 5.29. The van der Waals surface area contributed by atoms with Crippen LogP contribution in [0, 0.1) is 5.92 Å². The fraction of sp³-hybridized carbons (Fsp3) is 0.588. The molecule has 1 fully saturated rings. The first-order chi connectivity index (χ1) is 10.4. The summed E-state index contributed by atoms with van der Waals surface area (Å²) in [4.78, 5) is 11.8. The van der Waals surface area contributed by atoms with Gasteiger partial charge in [-0.25, -0.2) is 4.79 Å². The number of anilines is 1. The average molecular weight is 306 g/mol. The number of amides is 1. The third kappa shape index (κ3) is 4.91. The lowest BCUT2D eigenvalue weighted by atomic mass is 9.98. The van der Waals surface area contributed by atoms with Gasteiger partial charge in [0, 0.05) is 11.8 Å². The van der Waals surface area contributed by atoms with E-state index in [2.05, 4.69) is 10.6 Å². The topological polar surface area (TPSA) is 59.6 Å². The zero-order valence-electron chi connectivity index (χ0n) is 13.9. The molecule has 1 saturated heterocycles. The van der Waals surface area contributed by atoms with Gasteiger partial charge in [-0.05, 0) is 64.3 Å². The van der Waals surface area contributed by atoms with Gasteiger partial charge < -0.3 is 14.8 Å². The second-order valence-electron chi connectivity index (χ2n) is 6.72. The Labute approximate surface area is 132 Å². The van der Waals surface area contributed by atoms with Gasteiger partial charge in [0.25, 0.3) is 0 Å². The number of rotatable bonds is 4. The van der Waals surface area contributed by atoms with Gasteiger partial charge >= 0.3 is 6.09 Å². The summed E-state index contributed by atoms with van der Waals surface area (Å²) in [5.74, 6) is 1.46. The van der Waals surface area contributed by atoms with Gasteiger partial charge in [0.2, 0.25) is 0 Å². The molecule has 2 rings (SSSR count). The van der Waals surface area contributed by atoms with Crippen molar-refractivity contribution in [3.05, 3.63) is 23.8 Å². The second-order valence-corrected chi connectivity index (χ2v) is 6.72. The van der Waals surface area contributed by atoms with Crippen LogP contribution < -0.4 is 15.4 Å². The lowest BCUT2D eigenvalue weighted by molar-refractivity contribution is 0.0636. The van der Waals surface area contributed by atoms with Gasteiger partial charge in [-0.15, -0.1) is 0 Å². The minimum atomic E-state index is -0.510. The van der Waals surface area contributed by atoms with E-state index in [-0.39, 0.29) is 0 Å². The van der Waals surface area contributed by atoms with E-state index in [4.69, 9.17) is 9.47 Å². The van der Waals surface area contributed by atoms with Crippen molar-refractivity contribution in [1.82, 2.24) is 5.32 Å². The van der Waals surface area contributed by atoms with Crippen molar-refractivity contribution in [3.63, 3.8) is 0 Å². The zero-order valence-corrected chi connectivity index (χ0v) is 13.9. The van der Waals surface area contributed by atoms with E-state index in [1.165, 1.54) is 12.0 Å². The minimum Gasteiger partial charge on any atom is -0.496 e. The molecular formula is C17H26N2O3. The molecule has 5 nitrogen and oxygen atoms in total. The number of carbonyl (C=O) groups is 1. The maximum atomic E-state index is 11.8. The van der Waals surface area contributed by atoms with Crippen molar-refractivity contribution >= 4 is 11.8 Å². The average Bonchev–Trinajstić information content (AvgIpc) is 2.91. The molecule has 0 bridgehead atoms. The number of carbonyl (C=O) groups excluding carboxylic acids is 1. The highest BCUT2D eigenvalue weighted by Crippen LogP contribution is 2.27. The molecule has 1 aliphatic rings. The summed E-state index contributed by atoms with van der Waals surface area (Å²) in [6.45, 7) is 7.66. The van der Waals surface area contributed by atoms with Gasteiger partial charge in [-0.2, -0.15) is 0 Å². The lowest BCUT2D eigenvalue weighted by Crippen LogP contribution is -2.27. The molecule has 0 radical (unpaired) electrons. The molecule has 0 aromatic heterocycles. The van der Waals surface area contributed by atoms with Crippen LogP contribution in [0.4, 0.5) is 10.5 Å². The standard InChI is InChI=1S/C17H26N2O3/c1-17(2,3)22-16(20)19-14-6-5-13(15(10-14)21-4)9-12-7-8-18-11-12/h5-6,10,12,18H,7-9,11H2,1-4H3,(H,19,20). The summed E-state index contributed by atoms with van der Waals surface area (Å²) in [7, 11) is 1.66. The van der Waals surface area contributed by atoms with E-state index in [0.29, 0.717) is 11.6 Å². The maximum absolute atomic E-state index is 11.8. The van der Waals surface area contributed by atoms with Gasteiger partial charge in [-0.1, -0.05) is 6.07 Å². The smallest absolute Gasteiger partial charge is 0.412 e. The van der Waals surface area contributed by atoms with Gasteiger partial charge in [-0.3, -0.25) is 5.32 Å². The summed E-state index contributed by atoms with van der Waals surface area (Å²) in [5, 5.41) is 6.12. The van der Waals surface area contributed by atoms with E-state index in [0.717, 1.165) is 25.3 Å².